The van der Waals surface area contributed by atoms with E-state index in [0.29, 0.717) is 0 Å². The number of nitrogens with one attached hydrogen (secondary N) is 1. The van der Waals surface area contributed by atoms with Crippen LogP contribution < -0.4 is 4.74 Å². The lowest BCUT2D eigenvalue weighted by Gasteiger charge is -2.13. The molecule has 1 fully saturated rings. The third-order valence-electron chi connectivity index (χ3n) is 4.01. The standard InChI is InChI=1S/C15H19NO/c1-10-9-16-14-8-12(17-2)7-13(15(10)14)11-5-3-4-6-11/h7-9,11,16H,3-6H2,1-2H3. The lowest BCUT2D eigenvalue weighted by atomic mass is 9.93. The molecule has 1 saturated carbocycles. The maximum Gasteiger partial charge on any atom is 0.121 e. The van der Waals surface area contributed by atoms with Crippen molar-refractivity contribution >= 4 is 10.9 Å². The van der Waals surface area contributed by atoms with Crippen molar-refractivity contribution in [3.05, 3.63) is 29.5 Å². The maximum absolute atomic E-state index is 5.41. The van der Waals surface area contributed by atoms with E-state index in [1.165, 1.54) is 47.7 Å². The molecule has 2 aromatic rings. The molecule has 0 unspecified atom stereocenters. The van der Waals surface area contributed by atoms with Gasteiger partial charge in [0.25, 0.3) is 0 Å². The van der Waals surface area contributed by atoms with Gasteiger partial charge in [-0.05, 0) is 42.9 Å². The Balaban J connectivity index is 2.21. The molecule has 2 heteroatoms. The first-order chi connectivity index (χ1) is 8.29. The van der Waals surface area contributed by atoms with Crippen molar-refractivity contribution in [1.82, 2.24) is 4.98 Å². The molecule has 90 valence electrons. The number of aromatic nitrogens is 1. The number of aryl methyl sites for hydroxylation is 1. The zero-order chi connectivity index (χ0) is 11.8. The maximum atomic E-state index is 5.41. The van der Waals surface area contributed by atoms with Gasteiger partial charge in [0.1, 0.15) is 5.75 Å². The van der Waals surface area contributed by atoms with Crippen molar-refractivity contribution in [2.24, 2.45) is 0 Å². The highest BCUT2D eigenvalue weighted by molar-refractivity contribution is 5.88. The van der Waals surface area contributed by atoms with Gasteiger partial charge in [-0.3, -0.25) is 0 Å². The molecule has 2 nitrogen and oxygen atoms in total. The second-order valence-electron chi connectivity index (χ2n) is 5.09. The Bertz CT molecular complexity index is 535. The number of hydrogen-bond donors (Lipinski definition) is 1. The lowest BCUT2D eigenvalue weighted by molar-refractivity contribution is 0.414. The van der Waals surface area contributed by atoms with Gasteiger partial charge in [0, 0.05) is 23.2 Å². The lowest BCUT2D eigenvalue weighted by Crippen LogP contribution is -1.95. The SMILES string of the molecule is COc1cc(C2CCCC2)c2c(C)c[nH]c2c1. The first-order valence-electron chi connectivity index (χ1n) is 6.45. The Kier molecular flexibility index (Phi) is 2.58. The van der Waals surface area contributed by atoms with E-state index in [-0.39, 0.29) is 0 Å². The van der Waals surface area contributed by atoms with Gasteiger partial charge >= 0.3 is 0 Å². The summed E-state index contributed by atoms with van der Waals surface area (Å²) in [5.41, 5.74) is 4.05. The van der Waals surface area contributed by atoms with Crippen molar-refractivity contribution in [2.45, 2.75) is 38.5 Å². The zero-order valence-electron chi connectivity index (χ0n) is 10.5. The van der Waals surface area contributed by atoms with E-state index >= 15 is 0 Å². The number of H-pyrrole nitrogens is 1. The van der Waals surface area contributed by atoms with Crippen LogP contribution in [-0.2, 0) is 0 Å². The summed E-state index contributed by atoms with van der Waals surface area (Å²) in [6.07, 6.45) is 7.49. The van der Waals surface area contributed by atoms with Gasteiger partial charge in [0.05, 0.1) is 7.11 Å². The molecule has 1 aliphatic rings. The van der Waals surface area contributed by atoms with E-state index in [2.05, 4.69) is 30.2 Å². The molecule has 1 N–H and O–H groups in total. The van der Waals surface area contributed by atoms with Gasteiger partial charge < -0.3 is 9.72 Å². The quantitative estimate of drug-likeness (QED) is 0.822. The Morgan fingerprint density at radius 3 is 2.71 bits per heavy atom. The van der Waals surface area contributed by atoms with E-state index in [4.69, 9.17) is 4.74 Å². The molecule has 0 aliphatic heterocycles. The summed E-state index contributed by atoms with van der Waals surface area (Å²) >= 11 is 0. The summed E-state index contributed by atoms with van der Waals surface area (Å²) in [6.45, 7) is 2.18. The van der Waals surface area contributed by atoms with Crippen LogP contribution in [0.4, 0.5) is 0 Å². The third-order valence-corrected chi connectivity index (χ3v) is 4.01. The molecule has 0 bridgehead atoms. The molecule has 0 radical (unpaired) electrons. The molecular formula is C15H19NO. The van der Waals surface area contributed by atoms with Crippen molar-refractivity contribution in [3.63, 3.8) is 0 Å². The van der Waals surface area contributed by atoms with Crippen LogP contribution >= 0.6 is 0 Å². The van der Waals surface area contributed by atoms with Gasteiger partial charge in [-0.25, -0.2) is 0 Å². The molecule has 0 atom stereocenters. The highest BCUT2D eigenvalue weighted by Gasteiger charge is 2.21. The van der Waals surface area contributed by atoms with Gasteiger partial charge in [0.15, 0.2) is 0 Å². The molecule has 1 aliphatic carbocycles. The predicted octanol–water partition coefficient (Wildman–Crippen LogP) is 4.14. The third kappa shape index (κ3) is 1.72. The van der Waals surface area contributed by atoms with Crippen LogP contribution in [0.25, 0.3) is 10.9 Å². The molecule has 3 rings (SSSR count). The van der Waals surface area contributed by atoms with E-state index in [1.54, 1.807) is 7.11 Å². The van der Waals surface area contributed by atoms with Crippen molar-refractivity contribution < 1.29 is 4.74 Å². The minimum atomic E-state index is 0.724. The Morgan fingerprint density at radius 1 is 1.24 bits per heavy atom. The van der Waals surface area contributed by atoms with Crippen LogP contribution in [0.15, 0.2) is 18.3 Å². The highest BCUT2D eigenvalue weighted by Crippen LogP contribution is 2.40. The van der Waals surface area contributed by atoms with Crippen LogP contribution in [0, 0.1) is 6.92 Å². The molecule has 17 heavy (non-hydrogen) atoms. The Labute approximate surface area is 102 Å². The molecule has 1 heterocycles. The smallest absolute Gasteiger partial charge is 0.121 e. The van der Waals surface area contributed by atoms with Crippen LogP contribution in [0.2, 0.25) is 0 Å². The first kappa shape index (κ1) is 10.7. The first-order valence-corrected chi connectivity index (χ1v) is 6.45. The van der Waals surface area contributed by atoms with E-state index in [1.807, 2.05) is 0 Å². The van der Waals surface area contributed by atoms with Crippen LogP contribution in [0.3, 0.4) is 0 Å². The fourth-order valence-corrected chi connectivity index (χ4v) is 3.13. The van der Waals surface area contributed by atoms with Crippen molar-refractivity contribution in [2.75, 3.05) is 7.11 Å². The summed E-state index contributed by atoms with van der Waals surface area (Å²) in [6, 6.07) is 4.33. The number of benzene rings is 1. The fraction of sp³-hybridized carbons (Fsp3) is 0.467. The second-order valence-corrected chi connectivity index (χ2v) is 5.09. The molecule has 0 saturated heterocycles. The Morgan fingerprint density at radius 2 is 2.00 bits per heavy atom. The van der Waals surface area contributed by atoms with E-state index in [9.17, 15) is 0 Å². The zero-order valence-corrected chi connectivity index (χ0v) is 10.5. The molecule has 1 aromatic carbocycles. The van der Waals surface area contributed by atoms with Gasteiger partial charge in [-0.1, -0.05) is 12.8 Å². The van der Waals surface area contributed by atoms with Crippen LogP contribution in [0.1, 0.15) is 42.7 Å². The summed E-state index contributed by atoms with van der Waals surface area (Å²) in [5.74, 6) is 1.70. The van der Waals surface area contributed by atoms with Gasteiger partial charge in [0.2, 0.25) is 0 Å². The second kappa shape index (κ2) is 4.10. The average Bonchev–Trinajstić information content (AvgIpc) is 2.98. The summed E-state index contributed by atoms with van der Waals surface area (Å²) in [5, 5.41) is 1.41. The number of aromatic amines is 1. The number of fused-ring (bicyclic) bond motifs is 1. The van der Waals surface area contributed by atoms with Crippen molar-refractivity contribution in [3.8, 4) is 5.75 Å². The topological polar surface area (TPSA) is 25.0 Å². The number of hydrogen-bond acceptors (Lipinski definition) is 1. The Hall–Kier alpha value is -1.44. The van der Waals surface area contributed by atoms with Crippen LogP contribution in [-0.4, -0.2) is 12.1 Å². The number of rotatable bonds is 2. The minimum absolute atomic E-state index is 0.724. The molecule has 0 spiro atoms. The molecule has 0 amide bonds. The largest absolute Gasteiger partial charge is 0.497 e. The highest BCUT2D eigenvalue weighted by atomic mass is 16.5. The van der Waals surface area contributed by atoms with E-state index < -0.39 is 0 Å². The van der Waals surface area contributed by atoms with Crippen molar-refractivity contribution in [1.29, 1.82) is 0 Å². The van der Waals surface area contributed by atoms with Crippen LogP contribution in [0.5, 0.6) is 5.75 Å². The number of methoxy groups -OCH3 is 1. The predicted molar refractivity (Wildman–Crippen MR) is 70.8 cm³/mol. The molecular weight excluding hydrogens is 210 g/mol. The normalized spacial score (nSPS) is 16.8. The van der Waals surface area contributed by atoms with Gasteiger partial charge in [-0.15, -0.1) is 0 Å². The summed E-state index contributed by atoms with van der Waals surface area (Å²) < 4.78 is 5.41. The minimum Gasteiger partial charge on any atom is -0.497 e. The average molecular weight is 229 g/mol. The van der Waals surface area contributed by atoms with Gasteiger partial charge in [-0.2, -0.15) is 0 Å². The molecule has 1 aromatic heterocycles. The monoisotopic (exact) mass is 229 g/mol. The summed E-state index contributed by atoms with van der Waals surface area (Å²) in [7, 11) is 1.75. The van der Waals surface area contributed by atoms with E-state index in [0.717, 1.165) is 11.7 Å². The fourth-order valence-electron chi connectivity index (χ4n) is 3.13. The number of ether oxygens (including phenoxy) is 1. The summed E-state index contributed by atoms with van der Waals surface area (Å²) in [4.78, 5) is 3.35.